The summed E-state index contributed by atoms with van der Waals surface area (Å²) in [4.78, 5) is 0. The molecule has 4 heteroatoms. The van der Waals surface area contributed by atoms with Crippen LogP contribution in [0.5, 0.6) is 5.75 Å². The van der Waals surface area contributed by atoms with Crippen molar-refractivity contribution in [2.45, 2.75) is 39.0 Å². The second-order valence-corrected chi connectivity index (χ2v) is 9.71. The molecule has 1 aliphatic heterocycles. The molecule has 34 heavy (non-hydrogen) atoms. The molecule has 3 atom stereocenters. The van der Waals surface area contributed by atoms with Gasteiger partial charge < -0.3 is 10.5 Å². The zero-order valence-electron chi connectivity index (χ0n) is 20.0. The SMILES string of the molecule is C=CC1=CC=C(Oc2ccc([N+]3(CCF)C4=CC(N)=CCC(C)C4C4=C3C=CCC4)cc2)CC1. The van der Waals surface area contributed by atoms with Gasteiger partial charge in [-0.25, -0.2) is 8.87 Å². The maximum absolute atomic E-state index is 14.3. The van der Waals surface area contributed by atoms with Crippen LogP contribution in [-0.4, -0.2) is 13.2 Å². The van der Waals surface area contributed by atoms with Crippen molar-refractivity contribution in [3.63, 3.8) is 0 Å². The molecule has 0 fully saturated rings. The van der Waals surface area contributed by atoms with Gasteiger partial charge in [0.25, 0.3) is 0 Å². The van der Waals surface area contributed by atoms with Crippen molar-refractivity contribution in [3.05, 3.63) is 107 Å². The van der Waals surface area contributed by atoms with Crippen molar-refractivity contribution in [2.75, 3.05) is 13.2 Å². The highest BCUT2D eigenvalue weighted by molar-refractivity contribution is 5.65. The molecule has 1 aromatic rings. The Morgan fingerprint density at radius 2 is 2.00 bits per heavy atom. The van der Waals surface area contributed by atoms with Crippen molar-refractivity contribution in [3.8, 4) is 5.75 Å². The van der Waals surface area contributed by atoms with Crippen molar-refractivity contribution in [1.29, 1.82) is 0 Å². The highest BCUT2D eigenvalue weighted by atomic mass is 19.1. The largest absolute Gasteiger partial charge is 0.462 e. The van der Waals surface area contributed by atoms with Crippen LogP contribution in [0.4, 0.5) is 10.1 Å². The Labute approximate surface area is 202 Å². The van der Waals surface area contributed by atoms with Gasteiger partial charge in [0.2, 0.25) is 0 Å². The molecule has 0 bridgehead atoms. The molecular formula is C30H34FN2O+. The van der Waals surface area contributed by atoms with E-state index < -0.39 is 6.67 Å². The summed E-state index contributed by atoms with van der Waals surface area (Å²) < 4.78 is 20.8. The van der Waals surface area contributed by atoms with E-state index in [0.29, 0.717) is 16.9 Å². The zero-order chi connectivity index (χ0) is 23.7. The molecule has 1 heterocycles. The summed E-state index contributed by atoms with van der Waals surface area (Å²) in [7, 11) is 0. The number of hydrogen-bond donors (Lipinski definition) is 1. The first-order chi connectivity index (χ1) is 16.6. The molecule has 0 saturated heterocycles. The van der Waals surface area contributed by atoms with Crippen LogP contribution in [0.2, 0.25) is 0 Å². The molecule has 3 aliphatic carbocycles. The van der Waals surface area contributed by atoms with Crippen molar-refractivity contribution in [2.24, 2.45) is 17.6 Å². The van der Waals surface area contributed by atoms with Crippen LogP contribution in [-0.2, 0) is 0 Å². The summed E-state index contributed by atoms with van der Waals surface area (Å²) in [5.41, 5.74) is 13.4. The van der Waals surface area contributed by atoms with Gasteiger partial charge in [-0.15, -0.1) is 0 Å². The van der Waals surface area contributed by atoms with E-state index in [9.17, 15) is 4.39 Å². The van der Waals surface area contributed by atoms with Crippen molar-refractivity contribution < 1.29 is 9.13 Å². The summed E-state index contributed by atoms with van der Waals surface area (Å²) in [5.74, 6) is 2.47. The molecule has 4 aliphatic rings. The van der Waals surface area contributed by atoms with Gasteiger partial charge in [-0.1, -0.05) is 37.8 Å². The fourth-order valence-corrected chi connectivity index (χ4v) is 6.04. The van der Waals surface area contributed by atoms with E-state index >= 15 is 0 Å². The van der Waals surface area contributed by atoms with E-state index in [2.05, 4.69) is 56.0 Å². The smallest absolute Gasteiger partial charge is 0.143 e. The molecule has 3 nitrogen and oxygen atoms in total. The maximum Gasteiger partial charge on any atom is 0.143 e. The third-order valence-electron chi connectivity index (χ3n) is 7.69. The molecule has 0 aromatic heterocycles. The Balaban J connectivity index is 1.55. The molecule has 0 saturated carbocycles. The molecule has 0 spiro atoms. The van der Waals surface area contributed by atoms with Crippen LogP contribution in [0.25, 0.3) is 0 Å². The maximum atomic E-state index is 14.3. The minimum absolute atomic E-state index is 0.290. The highest BCUT2D eigenvalue weighted by Crippen LogP contribution is 2.54. The van der Waals surface area contributed by atoms with Gasteiger partial charge in [-0.3, -0.25) is 0 Å². The molecule has 2 N–H and O–H groups in total. The van der Waals surface area contributed by atoms with E-state index in [1.54, 1.807) is 0 Å². The summed E-state index contributed by atoms with van der Waals surface area (Å²) in [6.45, 7) is 6.10. The number of alkyl halides is 1. The fraction of sp³-hybridized carbons (Fsp3) is 0.333. The third-order valence-corrected chi connectivity index (χ3v) is 7.69. The lowest BCUT2D eigenvalue weighted by atomic mass is 9.82. The van der Waals surface area contributed by atoms with Crippen LogP contribution in [0, 0.1) is 11.8 Å². The molecule has 3 unspecified atom stereocenters. The second kappa shape index (κ2) is 9.27. The van der Waals surface area contributed by atoms with E-state index in [4.69, 9.17) is 10.5 Å². The molecular weight excluding hydrogens is 423 g/mol. The van der Waals surface area contributed by atoms with Gasteiger partial charge in [0, 0.05) is 35.9 Å². The van der Waals surface area contributed by atoms with Crippen LogP contribution >= 0.6 is 0 Å². The second-order valence-electron chi connectivity index (χ2n) is 9.71. The average molecular weight is 458 g/mol. The number of rotatable bonds is 6. The highest BCUT2D eigenvalue weighted by Gasteiger charge is 2.53. The first-order valence-corrected chi connectivity index (χ1v) is 12.4. The molecule has 5 rings (SSSR count). The zero-order valence-corrected chi connectivity index (χ0v) is 20.0. The topological polar surface area (TPSA) is 35.2 Å². The normalized spacial score (nSPS) is 28.2. The minimum Gasteiger partial charge on any atom is -0.462 e. The summed E-state index contributed by atoms with van der Waals surface area (Å²) in [5, 5.41) is 0. The standard InChI is InChI=1S/C30H34FN2O/c1-3-22-9-14-25(15-10-22)34-26-16-12-24(13-17-26)33(19-18-31)28-7-5-4-6-27(28)30-21(2)8-11-23(32)20-29(30)33/h3,5,7,9,11-14,16-17,20-21,30H,1,4,6,8,10,15,18-19,32H2,2H3/q+1. The van der Waals surface area contributed by atoms with Gasteiger partial charge in [-0.05, 0) is 61.5 Å². The summed E-state index contributed by atoms with van der Waals surface area (Å²) in [6, 6.07) is 8.23. The van der Waals surface area contributed by atoms with Crippen molar-refractivity contribution >= 4 is 5.69 Å². The lowest BCUT2D eigenvalue weighted by molar-refractivity contribution is 0.339. The van der Waals surface area contributed by atoms with Gasteiger partial charge in [0.1, 0.15) is 41.8 Å². The van der Waals surface area contributed by atoms with Crippen molar-refractivity contribution in [1.82, 2.24) is 4.48 Å². The first kappa shape index (κ1) is 22.7. The number of allylic oxidation sites excluding steroid dienone is 10. The monoisotopic (exact) mass is 457 g/mol. The Morgan fingerprint density at radius 3 is 2.71 bits per heavy atom. The molecule has 176 valence electrons. The Bertz CT molecular complexity index is 1160. The number of nitrogens with two attached hydrogens (primary N) is 1. The quantitative estimate of drug-likeness (QED) is 0.461. The lowest BCUT2D eigenvalue weighted by Gasteiger charge is -2.37. The molecule has 1 aromatic carbocycles. The van der Waals surface area contributed by atoms with Crippen LogP contribution in [0.3, 0.4) is 0 Å². The number of quaternary nitrogens is 1. The van der Waals surface area contributed by atoms with Gasteiger partial charge in [0.15, 0.2) is 0 Å². The summed E-state index contributed by atoms with van der Waals surface area (Å²) >= 11 is 0. The third kappa shape index (κ3) is 3.80. The van der Waals surface area contributed by atoms with Crippen LogP contribution < -0.4 is 15.0 Å². The van der Waals surface area contributed by atoms with E-state index in [1.165, 1.54) is 22.5 Å². The van der Waals surface area contributed by atoms with Gasteiger partial charge in [-0.2, -0.15) is 0 Å². The number of ether oxygens (including phenoxy) is 1. The van der Waals surface area contributed by atoms with E-state index in [0.717, 1.165) is 55.0 Å². The Kier molecular flexibility index (Phi) is 6.18. The Hall–Kier alpha value is -3.11. The van der Waals surface area contributed by atoms with Gasteiger partial charge >= 0.3 is 0 Å². The first-order valence-electron chi connectivity index (χ1n) is 12.4. The molecule has 0 radical (unpaired) electrons. The average Bonchev–Trinajstić information content (AvgIpc) is 3.03. The number of nitrogens with zero attached hydrogens (tertiary/aromatic N) is 1. The van der Waals surface area contributed by atoms with E-state index in [1.807, 2.05) is 24.3 Å². The Morgan fingerprint density at radius 1 is 1.18 bits per heavy atom. The predicted octanol–water partition coefficient (Wildman–Crippen LogP) is 7.13. The van der Waals surface area contributed by atoms with Crippen LogP contribution in [0.15, 0.2) is 107 Å². The number of halogens is 1. The fourth-order valence-electron chi connectivity index (χ4n) is 6.04. The predicted molar refractivity (Wildman–Crippen MR) is 138 cm³/mol. The van der Waals surface area contributed by atoms with E-state index in [-0.39, 0.29) is 5.92 Å². The van der Waals surface area contributed by atoms with Gasteiger partial charge in [0.05, 0.1) is 5.92 Å². The van der Waals surface area contributed by atoms with Crippen LogP contribution in [0.1, 0.15) is 39.0 Å². The molecule has 0 amide bonds. The number of fused-ring (bicyclic) bond motifs is 2. The number of benzene rings is 1. The lowest BCUT2D eigenvalue weighted by Crippen LogP contribution is -2.47. The number of hydrogen-bond acceptors (Lipinski definition) is 2. The minimum atomic E-state index is -0.407. The summed E-state index contributed by atoms with van der Waals surface area (Å²) in [6.07, 6.45) is 19.5.